The number of rotatable bonds is 4. The third kappa shape index (κ3) is 3.17. The first-order chi connectivity index (χ1) is 10.2. The molecule has 1 N–H and O–H groups in total. The van der Waals surface area contributed by atoms with E-state index in [4.69, 9.17) is 0 Å². The Morgan fingerprint density at radius 1 is 1.43 bits per heavy atom. The van der Waals surface area contributed by atoms with Gasteiger partial charge in [0.25, 0.3) is 5.56 Å². The van der Waals surface area contributed by atoms with Gasteiger partial charge in [-0.3, -0.25) is 14.1 Å². The summed E-state index contributed by atoms with van der Waals surface area (Å²) in [5.41, 5.74) is 1.90. The van der Waals surface area contributed by atoms with Gasteiger partial charge in [0.2, 0.25) is 0 Å². The summed E-state index contributed by atoms with van der Waals surface area (Å²) in [5, 5.41) is 5.24. The smallest absolute Gasteiger partial charge is 0.259 e. The molecule has 0 unspecified atom stereocenters. The summed E-state index contributed by atoms with van der Waals surface area (Å²) in [4.78, 5) is 20.0. The molecule has 0 spiro atoms. The molecule has 3 heterocycles. The fourth-order valence-corrected chi connectivity index (χ4v) is 3.94. The molecular weight excluding hydrogens is 284 g/mol. The number of thiazole rings is 1. The summed E-state index contributed by atoms with van der Waals surface area (Å²) in [6.45, 7) is 6.02. The standard InChI is InChI=1S/C15H22N4OS/c1-11-10-21-15-17-13(7-14(20)19(11)15)9-18-5-3-12(4-6-18)8-16-2/h7,10,12,16H,3-6,8-9H2,1-2H3. The first-order valence-electron chi connectivity index (χ1n) is 7.51. The number of aromatic nitrogens is 2. The number of hydrogen-bond donors (Lipinski definition) is 1. The average molecular weight is 306 g/mol. The zero-order valence-electron chi connectivity index (χ0n) is 12.6. The topological polar surface area (TPSA) is 49.6 Å². The fraction of sp³-hybridized carbons (Fsp3) is 0.600. The van der Waals surface area contributed by atoms with E-state index < -0.39 is 0 Å². The normalized spacial score (nSPS) is 17.6. The Morgan fingerprint density at radius 3 is 2.90 bits per heavy atom. The van der Waals surface area contributed by atoms with E-state index in [1.807, 2.05) is 19.4 Å². The lowest BCUT2D eigenvalue weighted by atomic mass is 9.97. The van der Waals surface area contributed by atoms with Crippen molar-refractivity contribution in [3.05, 3.63) is 33.2 Å². The van der Waals surface area contributed by atoms with Crippen LogP contribution in [0.1, 0.15) is 24.2 Å². The van der Waals surface area contributed by atoms with E-state index in [2.05, 4.69) is 15.2 Å². The van der Waals surface area contributed by atoms with E-state index in [9.17, 15) is 4.79 Å². The molecule has 0 amide bonds. The van der Waals surface area contributed by atoms with Gasteiger partial charge in [-0.25, -0.2) is 4.98 Å². The molecule has 21 heavy (non-hydrogen) atoms. The van der Waals surface area contributed by atoms with E-state index in [0.29, 0.717) is 0 Å². The minimum absolute atomic E-state index is 0.0406. The Balaban J connectivity index is 1.70. The monoisotopic (exact) mass is 306 g/mol. The first kappa shape index (κ1) is 14.7. The molecule has 6 heteroatoms. The van der Waals surface area contributed by atoms with Gasteiger partial charge in [-0.1, -0.05) is 0 Å². The van der Waals surface area contributed by atoms with Crippen LogP contribution in [0.25, 0.3) is 4.96 Å². The van der Waals surface area contributed by atoms with Gasteiger partial charge in [0, 0.05) is 23.7 Å². The van der Waals surface area contributed by atoms with Gasteiger partial charge in [-0.15, -0.1) is 11.3 Å². The second-order valence-corrected chi connectivity index (χ2v) is 6.69. The van der Waals surface area contributed by atoms with Crippen molar-refractivity contribution in [2.75, 3.05) is 26.7 Å². The molecule has 114 valence electrons. The van der Waals surface area contributed by atoms with Crippen LogP contribution in [0, 0.1) is 12.8 Å². The van der Waals surface area contributed by atoms with Crippen molar-refractivity contribution in [3.8, 4) is 0 Å². The lowest BCUT2D eigenvalue weighted by Crippen LogP contribution is -2.36. The zero-order valence-corrected chi connectivity index (χ0v) is 13.4. The van der Waals surface area contributed by atoms with E-state index in [0.717, 1.165) is 48.4 Å². The molecule has 3 rings (SSSR count). The van der Waals surface area contributed by atoms with Crippen molar-refractivity contribution in [1.29, 1.82) is 0 Å². The number of hydrogen-bond acceptors (Lipinski definition) is 5. The van der Waals surface area contributed by atoms with Crippen LogP contribution in [-0.2, 0) is 6.54 Å². The van der Waals surface area contributed by atoms with E-state index in [1.165, 1.54) is 24.2 Å². The number of likely N-dealkylation sites (tertiary alicyclic amines) is 1. The van der Waals surface area contributed by atoms with Crippen LogP contribution >= 0.6 is 11.3 Å². The summed E-state index contributed by atoms with van der Waals surface area (Å²) in [6, 6.07) is 1.69. The SMILES string of the molecule is CNCC1CCN(Cc2cc(=O)n3c(C)csc3n2)CC1. The number of nitrogens with zero attached hydrogens (tertiary/aromatic N) is 3. The number of fused-ring (bicyclic) bond motifs is 1. The molecule has 0 saturated carbocycles. The van der Waals surface area contributed by atoms with Crippen LogP contribution in [0.15, 0.2) is 16.2 Å². The number of piperidine rings is 1. The molecule has 1 saturated heterocycles. The second-order valence-electron chi connectivity index (χ2n) is 5.86. The first-order valence-corrected chi connectivity index (χ1v) is 8.39. The van der Waals surface area contributed by atoms with Crippen molar-refractivity contribution in [3.63, 3.8) is 0 Å². The van der Waals surface area contributed by atoms with Crippen LogP contribution in [0.4, 0.5) is 0 Å². The van der Waals surface area contributed by atoms with E-state index in [-0.39, 0.29) is 5.56 Å². The second kappa shape index (κ2) is 6.25. The summed E-state index contributed by atoms with van der Waals surface area (Å²) in [7, 11) is 2.02. The van der Waals surface area contributed by atoms with Crippen LogP contribution in [-0.4, -0.2) is 41.0 Å². The van der Waals surface area contributed by atoms with Gasteiger partial charge in [-0.05, 0) is 52.4 Å². The Labute approximate surface area is 128 Å². The van der Waals surface area contributed by atoms with Crippen LogP contribution in [0.3, 0.4) is 0 Å². The van der Waals surface area contributed by atoms with Crippen LogP contribution < -0.4 is 10.9 Å². The third-order valence-electron chi connectivity index (χ3n) is 4.21. The highest BCUT2D eigenvalue weighted by molar-refractivity contribution is 7.15. The summed E-state index contributed by atoms with van der Waals surface area (Å²) < 4.78 is 1.69. The van der Waals surface area contributed by atoms with Crippen molar-refractivity contribution in [2.24, 2.45) is 5.92 Å². The van der Waals surface area contributed by atoms with E-state index >= 15 is 0 Å². The molecule has 0 atom stereocenters. The molecule has 1 aliphatic rings. The van der Waals surface area contributed by atoms with E-state index in [1.54, 1.807) is 10.5 Å². The maximum absolute atomic E-state index is 12.2. The van der Waals surface area contributed by atoms with Crippen LogP contribution in [0.5, 0.6) is 0 Å². The molecule has 1 fully saturated rings. The van der Waals surface area contributed by atoms with Gasteiger partial charge in [0.05, 0.1) is 5.69 Å². The highest BCUT2D eigenvalue weighted by atomic mass is 32.1. The maximum atomic E-state index is 12.2. The summed E-state index contributed by atoms with van der Waals surface area (Å²) in [5.74, 6) is 0.784. The Hall–Kier alpha value is -1.24. The largest absolute Gasteiger partial charge is 0.319 e. The molecule has 0 aliphatic carbocycles. The Kier molecular flexibility index (Phi) is 4.37. The van der Waals surface area contributed by atoms with Gasteiger partial charge in [0.15, 0.2) is 4.96 Å². The van der Waals surface area contributed by atoms with Gasteiger partial charge in [0.1, 0.15) is 0 Å². The Bertz CT molecular complexity index is 670. The molecule has 0 radical (unpaired) electrons. The lowest BCUT2D eigenvalue weighted by molar-refractivity contribution is 0.175. The van der Waals surface area contributed by atoms with Crippen molar-refractivity contribution in [2.45, 2.75) is 26.3 Å². The zero-order chi connectivity index (χ0) is 14.8. The summed E-state index contributed by atoms with van der Waals surface area (Å²) >= 11 is 1.54. The number of aryl methyl sites for hydroxylation is 1. The van der Waals surface area contributed by atoms with Crippen molar-refractivity contribution in [1.82, 2.24) is 19.6 Å². The Morgan fingerprint density at radius 2 is 2.19 bits per heavy atom. The molecule has 0 bridgehead atoms. The minimum atomic E-state index is 0.0406. The summed E-state index contributed by atoms with van der Waals surface area (Å²) in [6.07, 6.45) is 2.44. The molecule has 2 aromatic rings. The predicted molar refractivity (Wildman–Crippen MR) is 86.0 cm³/mol. The quantitative estimate of drug-likeness (QED) is 0.930. The van der Waals surface area contributed by atoms with Crippen molar-refractivity contribution < 1.29 is 0 Å². The molecular formula is C15H22N4OS. The fourth-order valence-electron chi connectivity index (χ4n) is 3.05. The highest BCUT2D eigenvalue weighted by Crippen LogP contribution is 2.18. The van der Waals surface area contributed by atoms with Crippen molar-refractivity contribution >= 4 is 16.3 Å². The van der Waals surface area contributed by atoms with Gasteiger partial charge >= 0.3 is 0 Å². The molecule has 1 aliphatic heterocycles. The molecule has 5 nitrogen and oxygen atoms in total. The molecule has 0 aromatic carbocycles. The highest BCUT2D eigenvalue weighted by Gasteiger charge is 2.19. The van der Waals surface area contributed by atoms with Gasteiger partial charge < -0.3 is 5.32 Å². The lowest BCUT2D eigenvalue weighted by Gasteiger charge is -2.31. The maximum Gasteiger partial charge on any atom is 0.259 e. The molecule has 2 aromatic heterocycles. The van der Waals surface area contributed by atoms with Gasteiger partial charge in [-0.2, -0.15) is 0 Å². The van der Waals surface area contributed by atoms with Crippen LogP contribution in [0.2, 0.25) is 0 Å². The predicted octanol–water partition coefficient (Wildman–Crippen LogP) is 1.50. The third-order valence-corrected chi connectivity index (χ3v) is 5.16. The number of nitrogens with one attached hydrogen (secondary N) is 1. The minimum Gasteiger partial charge on any atom is -0.319 e. The average Bonchev–Trinajstić information content (AvgIpc) is 2.83.